The van der Waals surface area contributed by atoms with E-state index in [1.807, 2.05) is 6.92 Å². The monoisotopic (exact) mass is 342 g/mol. The summed E-state index contributed by atoms with van der Waals surface area (Å²) >= 11 is 0. The molecule has 0 amide bonds. The normalized spacial score (nSPS) is 36.5. The molecule has 140 valence electrons. The van der Waals surface area contributed by atoms with Crippen LogP contribution in [0, 0.1) is 29.6 Å². The van der Waals surface area contributed by atoms with Crippen LogP contribution in [0.25, 0.3) is 0 Å². The molecular weight excluding hydrogens is 306 g/mol. The maximum atomic E-state index is 14.4. The summed E-state index contributed by atoms with van der Waals surface area (Å²) in [4.78, 5) is 0. The minimum Gasteiger partial charge on any atom is -0.390 e. The molecule has 3 heteroatoms. The molecule has 2 fully saturated rings. The van der Waals surface area contributed by atoms with Gasteiger partial charge in [-0.1, -0.05) is 19.9 Å². The summed E-state index contributed by atoms with van der Waals surface area (Å²) in [5, 5.41) is 9.58. The van der Waals surface area contributed by atoms with Crippen LogP contribution in [0.2, 0.25) is 0 Å². The van der Waals surface area contributed by atoms with E-state index < -0.39 is 18.4 Å². The quantitative estimate of drug-likeness (QED) is 0.574. The zero-order valence-electron chi connectivity index (χ0n) is 15.5. The Hall–Kier alpha value is -0.440. The molecule has 4 unspecified atom stereocenters. The SMILES string of the molecule is C=CC1CCC(C2CCC(C(C)C(F)C(F)C(O)CC)CC2)CC1. The van der Waals surface area contributed by atoms with Crippen molar-refractivity contribution in [3.8, 4) is 0 Å². The van der Waals surface area contributed by atoms with Crippen molar-refractivity contribution in [2.24, 2.45) is 29.6 Å². The summed E-state index contributed by atoms with van der Waals surface area (Å²) in [7, 11) is 0. The minimum atomic E-state index is -1.74. The second kappa shape index (κ2) is 9.31. The van der Waals surface area contributed by atoms with Crippen molar-refractivity contribution in [2.45, 2.75) is 90.1 Å². The number of aliphatic hydroxyl groups is 1. The predicted octanol–water partition coefficient (Wildman–Crippen LogP) is 5.87. The van der Waals surface area contributed by atoms with Gasteiger partial charge in [0.2, 0.25) is 0 Å². The summed E-state index contributed by atoms with van der Waals surface area (Å²) in [5.41, 5.74) is 0. The van der Waals surface area contributed by atoms with Gasteiger partial charge in [-0.3, -0.25) is 0 Å². The van der Waals surface area contributed by atoms with Gasteiger partial charge in [0.05, 0.1) is 6.10 Å². The lowest BCUT2D eigenvalue weighted by molar-refractivity contribution is -0.0126. The van der Waals surface area contributed by atoms with E-state index >= 15 is 0 Å². The summed E-state index contributed by atoms with van der Waals surface area (Å²) in [5.74, 6) is 2.28. The molecule has 0 aromatic heterocycles. The van der Waals surface area contributed by atoms with Crippen LogP contribution >= 0.6 is 0 Å². The van der Waals surface area contributed by atoms with Crippen molar-refractivity contribution in [2.75, 3.05) is 0 Å². The summed E-state index contributed by atoms with van der Waals surface area (Å²) in [6, 6.07) is 0. The highest BCUT2D eigenvalue weighted by Gasteiger charge is 2.38. The van der Waals surface area contributed by atoms with Crippen LogP contribution < -0.4 is 0 Å². The summed E-state index contributed by atoms with van der Waals surface area (Å²) in [6.07, 6.45) is 7.46. The fourth-order valence-electron chi connectivity index (χ4n) is 4.98. The van der Waals surface area contributed by atoms with Crippen LogP contribution in [0.5, 0.6) is 0 Å². The molecule has 4 atom stereocenters. The number of hydrogen-bond acceptors (Lipinski definition) is 1. The first-order valence-corrected chi connectivity index (χ1v) is 10.1. The van der Waals surface area contributed by atoms with Gasteiger partial charge >= 0.3 is 0 Å². The van der Waals surface area contributed by atoms with E-state index in [1.165, 1.54) is 38.5 Å². The molecule has 0 aromatic rings. The largest absolute Gasteiger partial charge is 0.390 e. The molecule has 2 rings (SSSR count). The van der Waals surface area contributed by atoms with Crippen LogP contribution in [0.15, 0.2) is 12.7 Å². The van der Waals surface area contributed by atoms with E-state index in [0.717, 1.165) is 24.7 Å². The molecule has 1 N–H and O–H groups in total. The van der Waals surface area contributed by atoms with E-state index in [0.29, 0.717) is 5.92 Å². The van der Waals surface area contributed by atoms with Crippen LogP contribution in [-0.2, 0) is 0 Å². The summed E-state index contributed by atoms with van der Waals surface area (Å²) < 4.78 is 28.4. The highest BCUT2D eigenvalue weighted by atomic mass is 19.2. The van der Waals surface area contributed by atoms with Crippen molar-refractivity contribution in [1.29, 1.82) is 0 Å². The Morgan fingerprint density at radius 2 is 1.46 bits per heavy atom. The Morgan fingerprint density at radius 3 is 1.92 bits per heavy atom. The van der Waals surface area contributed by atoms with Gasteiger partial charge in [-0.05, 0) is 87.4 Å². The van der Waals surface area contributed by atoms with E-state index in [2.05, 4.69) is 12.7 Å². The van der Waals surface area contributed by atoms with E-state index in [4.69, 9.17) is 0 Å². The van der Waals surface area contributed by atoms with Crippen LogP contribution in [0.3, 0.4) is 0 Å². The molecule has 2 saturated carbocycles. The van der Waals surface area contributed by atoms with Gasteiger partial charge in [0.15, 0.2) is 6.17 Å². The Morgan fingerprint density at radius 1 is 0.958 bits per heavy atom. The maximum absolute atomic E-state index is 14.4. The van der Waals surface area contributed by atoms with Crippen LogP contribution in [-0.4, -0.2) is 23.6 Å². The standard InChI is InChI=1S/C21H36F2O/c1-4-15-6-8-17(9-7-15)18-12-10-16(11-13-18)14(3)20(22)21(23)19(24)5-2/h4,14-21,24H,1,5-13H2,2-3H3. The number of aliphatic hydroxyl groups excluding tert-OH is 1. The molecule has 1 nitrogen and oxygen atoms in total. The van der Waals surface area contributed by atoms with Crippen molar-refractivity contribution in [3.05, 3.63) is 12.7 Å². The number of alkyl halides is 2. The van der Waals surface area contributed by atoms with Gasteiger partial charge in [-0.25, -0.2) is 8.78 Å². The van der Waals surface area contributed by atoms with Gasteiger partial charge in [-0.15, -0.1) is 6.58 Å². The third kappa shape index (κ3) is 4.80. The number of rotatable bonds is 7. The Labute approximate surface area is 146 Å². The van der Waals surface area contributed by atoms with E-state index in [-0.39, 0.29) is 18.3 Å². The average Bonchev–Trinajstić information content (AvgIpc) is 2.65. The molecular formula is C21H36F2O. The summed E-state index contributed by atoms with van der Waals surface area (Å²) in [6.45, 7) is 7.44. The highest BCUT2D eigenvalue weighted by Crippen LogP contribution is 2.44. The fraction of sp³-hybridized carbons (Fsp3) is 0.905. The first-order chi connectivity index (χ1) is 11.5. The van der Waals surface area contributed by atoms with Crippen LogP contribution in [0.4, 0.5) is 8.78 Å². The average molecular weight is 343 g/mol. The van der Waals surface area contributed by atoms with Crippen molar-refractivity contribution in [1.82, 2.24) is 0 Å². The third-order valence-corrected chi connectivity index (χ3v) is 6.97. The zero-order chi connectivity index (χ0) is 17.7. The third-order valence-electron chi connectivity index (χ3n) is 6.97. The first-order valence-electron chi connectivity index (χ1n) is 10.1. The lowest BCUT2D eigenvalue weighted by atomic mass is 9.67. The first kappa shape index (κ1) is 19.9. The second-order valence-electron chi connectivity index (χ2n) is 8.31. The molecule has 0 bridgehead atoms. The number of allylic oxidation sites excluding steroid dienone is 1. The molecule has 0 aliphatic heterocycles. The molecule has 0 aromatic carbocycles. The molecule has 2 aliphatic rings. The second-order valence-corrected chi connectivity index (χ2v) is 8.31. The van der Waals surface area contributed by atoms with Crippen LogP contribution in [0.1, 0.15) is 71.6 Å². The maximum Gasteiger partial charge on any atom is 0.157 e. The van der Waals surface area contributed by atoms with Gasteiger partial charge in [-0.2, -0.15) is 0 Å². The molecule has 0 heterocycles. The topological polar surface area (TPSA) is 20.2 Å². The van der Waals surface area contributed by atoms with Gasteiger partial charge in [0.25, 0.3) is 0 Å². The molecule has 0 radical (unpaired) electrons. The highest BCUT2D eigenvalue weighted by molar-refractivity contribution is 4.89. The number of hydrogen-bond donors (Lipinski definition) is 1. The smallest absolute Gasteiger partial charge is 0.157 e. The molecule has 24 heavy (non-hydrogen) atoms. The Bertz CT molecular complexity index is 370. The van der Waals surface area contributed by atoms with Gasteiger partial charge < -0.3 is 5.11 Å². The predicted molar refractivity (Wildman–Crippen MR) is 96.3 cm³/mol. The lowest BCUT2D eigenvalue weighted by Gasteiger charge is -2.39. The molecule has 2 aliphatic carbocycles. The number of halogens is 2. The molecule has 0 saturated heterocycles. The minimum absolute atomic E-state index is 0.267. The Kier molecular flexibility index (Phi) is 7.71. The molecule has 0 spiro atoms. The lowest BCUT2D eigenvalue weighted by Crippen LogP contribution is -2.38. The Balaban J connectivity index is 1.78. The van der Waals surface area contributed by atoms with E-state index in [1.54, 1.807) is 6.92 Å². The zero-order valence-corrected chi connectivity index (χ0v) is 15.5. The van der Waals surface area contributed by atoms with Crippen molar-refractivity contribution in [3.63, 3.8) is 0 Å². The van der Waals surface area contributed by atoms with Crippen molar-refractivity contribution < 1.29 is 13.9 Å². The van der Waals surface area contributed by atoms with Crippen molar-refractivity contribution >= 4 is 0 Å². The van der Waals surface area contributed by atoms with Gasteiger partial charge in [0.1, 0.15) is 6.17 Å². The fourth-order valence-corrected chi connectivity index (χ4v) is 4.98. The van der Waals surface area contributed by atoms with Gasteiger partial charge in [0, 0.05) is 0 Å². The van der Waals surface area contributed by atoms with E-state index in [9.17, 15) is 13.9 Å².